The van der Waals surface area contributed by atoms with Crippen LogP contribution >= 0.6 is 0 Å². The molecule has 1 aliphatic heterocycles. The zero-order valence-corrected chi connectivity index (χ0v) is 14.4. The Labute approximate surface area is 141 Å². The van der Waals surface area contributed by atoms with Crippen LogP contribution in [-0.2, 0) is 14.8 Å². The van der Waals surface area contributed by atoms with Crippen molar-refractivity contribution in [3.05, 3.63) is 23.8 Å². The summed E-state index contributed by atoms with van der Waals surface area (Å²) in [6.07, 6.45) is 0.792. The molecule has 1 aromatic rings. The lowest BCUT2D eigenvalue weighted by Crippen LogP contribution is -2.41. The van der Waals surface area contributed by atoms with Gasteiger partial charge in [-0.1, -0.05) is 0 Å². The average molecular weight is 355 g/mol. The molecule has 132 valence electrons. The van der Waals surface area contributed by atoms with Crippen LogP contribution in [0.1, 0.15) is 23.2 Å². The number of nitrogens with two attached hydrogens (primary N) is 1. The van der Waals surface area contributed by atoms with Crippen molar-refractivity contribution >= 4 is 21.8 Å². The Morgan fingerprint density at radius 3 is 2.42 bits per heavy atom. The van der Waals surface area contributed by atoms with E-state index in [1.54, 1.807) is 0 Å². The second-order valence-electron chi connectivity index (χ2n) is 5.52. The topological polar surface area (TPSA) is 119 Å². The first-order valence-corrected chi connectivity index (χ1v) is 8.95. The van der Waals surface area contributed by atoms with Gasteiger partial charge < -0.3 is 15.8 Å². The lowest BCUT2D eigenvalue weighted by Gasteiger charge is -2.29. The number of ether oxygens (including phenoxy) is 1. The SMILES string of the molecule is CNC(=O)c1cc(S(=O)(=O)N2CCC(C(N)=O)CC2)ccc1OC. The standard InChI is InChI=1S/C15H21N3O5S/c1-17-15(20)12-9-11(3-4-13(12)23-2)24(21,22)18-7-5-10(6-8-18)14(16)19/h3-4,9-10H,5-8H2,1-2H3,(H2,16,19)(H,17,20). The molecule has 1 saturated heterocycles. The van der Waals surface area contributed by atoms with Gasteiger partial charge in [-0.2, -0.15) is 4.31 Å². The van der Waals surface area contributed by atoms with Crippen LogP contribution in [0, 0.1) is 5.92 Å². The van der Waals surface area contributed by atoms with E-state index in [1.165, 1.54) is 36.7 Å². The number of primary amides is 1. The molecular formula is C15H21N3O5S. The smallest absolute Gasteiger partial charge is 0.254 e. The summed E-state index contributed by atoms with van der Waals surface area (Å²) >= 11 is 0. The molecule has 1 aromatic carbocycles. The molecule has 0 atom stereocenters. The number of rotatable bonds is 5. The maximum absolute atomic E-state index is 12.8. The second kappa shape index (κ2) is 7.18. The molecule has 2 amide bonds. The molecule has 0 saturated carbocycles. The summed E-state index contributed by atoms with van der Waals surface area (Å²) < 4.78 is 31.9. The molecule has 3 N–H and O–H groups in total. The van der Waals surface area contributed by atoms with Crippen LogP contribution in [0.3, 0.4) is 0 Å². The molecule has 2 rings (SSSR count). The minimum atomic E-state index is -3.75. The van der Waals surface area contributed by atoms with Crippen molar-refractivity contribution in [2.75, 3.05) is 27.2 Å². The highest BCUT2D eigenvalue weighted by Crippen LogP contribution is 2.27. The molecule has 1 heterocycles. The molecule has 0 spiro atoms. The number of carbonyl (C=O) groups is 2. The molecule has 8 nitrogen and oxygen atoms in total. The number of benzene rings is 1. The highest BCUT2D eigenvalue weighted by Gasteiger charge is 2.32. The number of hydrogen-bond donors (Lipinski definition) is 2. The fourth-order valence-corrected chi connectivity index (χ4v) is 4.19. The van der Waals surface area contributed by atoms with Crippen molar-refractivity contribution in [3.63, 3.8) is 0 Å². The van der Waals surface area contributed by atoms with Crippen molar-refractivity contribution in [1.29, 1.82) is 0 Å². The van der Waals surface area contributed by atoms with Gasteiger partial charge in [0.05, 0.1) is 17.6 Å². The molecular weight excluding hydrogens is 334 g/mol. The van der Waals surface area contributed by atoms with Gasteiger partial charge in [0.15, 0.2) is 0 Å². The summed E-state index contributed by atoms with van der Waals surface area (Å²) in [5.41, 5.74) is 5.41. The van der Waals surface area contributed by atoms with Gasteiger partial charge in [0.25, 0.3) is 5.91 Å². The number of carbonyl (C=O) groups excluding carboxylic acids is 2. The summed E-state index contributed by atoms with van der Waals surface area (Å²) in [5, 5.41) is 2.45. The number of nitrogens with zero attached hydrogens (tertiary/aromatic N) is 1. The van der Waals surface area contributed by atoms with Crippen molar-refractivity contribution in [1.82, 2.24) is 9.62 Å². The number of piperidine rings is 1. The lowest BCUT2D eigenvalue weighted by atomic mass is 9.98. The normalized spacial score (nSPS) is 16.6. The van der Waals surface area contributed by atoms with E-state index in [1.807, 2.05) is 0 Å². The monoisotopic (exact) mass is 355 g/mol. The van der Waals surface area contributed by atoms with E-state index in [0.29, 0.717) is 18.6 Å². The van der Waals surface area contributed by atoms with E-state index >= 15 is 0 Å². The van der Waals surface area contributed by atoms with Crippen molar-refractivity contribution in [2.45, 2.75) is 17.7 Å². The summed E-state index contributed by atoms with van der Waals surface area (Å²) in [7, 11) is -0.892. The predicted octanol–water partition coefficient (Wildman–Crippen LogP) is -0.0592. The Hall–Kier alpha value is -2.13. The molecule has 0 bridgehead atoms. The highest BCUT2D eigenvalue weighted by atomic mass is 32.2. The Balaban J connectivity index is 2.30. The average Bonchev–Trinajstić information content (AvgIpc) is 2.60. The van der Waals surface area contributed by atoms with E-state index in [4.69, 9.17) is 10.5 Å². The van der Waals surface area contributed by atoms with Gasteiger partial charge in [-0.25, -0.2) is 8.42 Å². The van der Waals surface area contributed by atoms with Gasteiger partial charge in [0.1, 0.15) is 5.75 Å². The van der Waals surface area contributed by atoms with Gasteiger partial charge >= 0.3 is 0 Å². The van der Waals surface area contributed by atoms with Crippen molar-refractivity contribution in [2.24, 2.45) is 11.7 Å². The van der Waals surface area contributed by atoms with E-state index in [9.17, 15) is 18.0 Å². The third-order valence-electron chi connectivity index (χ3n) is 4.14. The number of nitrogens with one attached hydrogen (secondary N) is 1. The minimum Gasteiger partial charge on any atom is -0.496 e. The third-order valence-corrected chi connectivity index (χ3v) is 6.03. The molecule has 0 aromatic heterocycles. The van der Waals surface area contributed by atoms with Crippen LogP contribution < -0.4 is 15.8 Å². The molecule has 24 heavy (non-hydrogen) atoms. The number of methoxy groups -OCH3 is 1. The van der Waals surface area contributed by atoms with Crippen LogP contribution in [0.15, 0.2) is 23.1 Å². The Kier molecular flexibility index (Phi) is 5.45. The van der Waals surface area contributed by atoms with Gasteiger partial charge in [-0.05, 0) is 31.0 Å². The van der Waals surface area contributed by atoms with Crippen LogP contribution in [0.4, 0.5) is 0 Å². The first kappa shape index (κ1) is 18.2. The quantitative estimate of drug-likeness (QED) is 0.767. The van der Waals surface area contributed by atoms with Gasteiger partial charge in [-0.15, -0.1) is 0 Å². The molecule has 1 fully saturated rings. The van der Waals surface area contributed by atoms with E-state index < -0.39 is 21.8 Å². The maximum atomic E-state index is 12.8. The predicted molar refractivity (Wildman–Crippen MR) is 87.1 cm³/mol. The minimum absolute atomic E-state index is 0.0134. The second-order valence-corrected chi connectivity index (χ2v) is 7.46. The van der Waals surface area contributed by atoms with Gasteiger partial charge in [0.2, 0.25) is 15.9 Å². The van der Waals surface area contributed by atoms with Crippen LogP contribution in [-0.4, -0.2) is 51.8 Å². The number of amides is 2. The van der Waals surface area contributed by atoms with Crippen molar-refractivity contribution < 1.29 is 22.7 Å². The fraction of sp³-hybridized carbons (Fsp3) is 0.467. The van der Waals surface area contributed by atoms with E-state index in [2.05, 4.69) is 5.32 Å². The first-order chi connectivity index (χ1) is 11.3. The maximum Gasteiger partial charge on any atom is 0.254 e. The fourth-order valence-electron chi connectivity index (χ4n) is 2.69. The number of sulfonamides is 1. The van der Waals surface area contributed by atoms with Gasteiger partial charge in [0, 0.05) is 26.1 Å². The summed E-state index contributed by atoms with van der Waals surface area (Å²) in [5.74, 6) is -0.843. The zero-order chi connectivity index (χ0) is 17.9. The third kappa shape index (κ3) is 3.51. The number of hydrogen-bond acceptors (Lipinski definition) is 5. The Bertz CT molecular complexity index is 739. The van der Waals surface area contributed by atoms with Crippen LogP contribution in [0.25, 0.3) is 0 Å². The van der Waals surface area contributed by atoms with Gasteiger partial charge in [-0.3, -0.25) is 9.59 Å². The van der Waals surface area contributed by atoms with E-state index in [-0.39, 0.29) is 29.5 Å². The summed E-state index contributed by atoms with van der Waals surface area (Å²) in [6, 6.07) is 4.15. The van der Waals surface area contributed by atoms with E-state index in [0.717, 1.165) is 0 Å². The van der Waals surface area contributed by atoms with Crippen LogP contribution in [0.5, 0.6) is 5.75 Å². The molecule has 9 heteroatoms. The molecule has 1 aliphatic rings. The van der Waals surface area contributed by atoms with Crippen LogP contribution in [0.2, 0.25) is 0 Å². The molecule has 0 unspecified atom stereocenters. The summed E-state index contributed by atoms with van der Waals surface area (Å²) in [6.45, 7) is 0.439. The first-order valence-electron chi connectivity index (χ1n) is 7.50. The van der Waals surface area contributed by atoms with Crippen molar-refractivity contribution in [3.8, 4) is 5.75 Å². The lowest BCUT2D eigenvalue weighted by molar-refractivity contribution is -0.122. The summed E-state index contributed by atoms with van der Waals surface area (Å²) in [4.78, 5) is 23.1. The Morgan fingerprint density at radius 1 is 1.29 bits per heavy atom. The molecule has 0 radical (unpaired) electrons. The highest BCUT2D eigenvalue weighted by molar-refractivity contribution is 7.89. The Morgan fingerprint density at radius 2 is 1.92 bits per heavy atom. The zero-order valence-electron chi connectivity index (χ0n) is 13.6. The molecule has 0 aliphatic carbocycles. The largest absolute Gasteiger partial charge is 0.496 e.